The molecule has 1 unspecified atom stereocenters. The van der Waals surface area contributed by atoms with Gasteiger partial charge in [-0.3, -0.25) is 0 Å². The van der Waals surface area contributed by atoms with Crippen LogP contribution in [0, 0.1) is 0 Å². The Bertz CT molecular complexity index is 222. The molecule has 0 bridgehead atoms. The van der Waals surface area contributed by atoms with Crippen molar-refractivity contribution in [2.45, 2.75) is 19.3 Å². The second kappa shape index (κ2) is 4.24. The van der Waals surface area contributed by atoms with Crippen molar-refractivity contribution in [3.05, 3.63) is 20.8 Å². The van der Waals surface area contributed by atoms with E-state index in [-0.39, 0.29) is 0 Å². The van der Waals surface area contributed by atoms with E-state index in [0.717, 1.165) is 13.0 Å². The van der Waals surface area contributed by atoms with Crippen LogP contribution in [-0.4, -0.2) is 6.54 Å². The van der Waals surface area contributed by atoms with Gasteiger partial charge in [-0.05, 0) is 46.9 Å². The van der Waals surface area contributed by atoms with E-state index in [9.17, 15) is 0 Å². The molecule has 0 fully saturated rings. The first-order chi connectivity index (χ1) is 5.24. The maximum Gasteiger partial charge on any atom is 0.0701 e. The lowest BCUT2D eigenvalue weighted by Crippen LogP contribution is -2.03. The minimum atomic E-state index is 0.608. The first-order valence-electron chi connectivity index (χ1n) is 3.69. The first-order valence-corrected chi connectivity index (χ1v) is 5.30. The molecule has 0 spiro atoms. The zero-order chi connectivity index (χ0) is 8.27. The summed E-state index contributed by atoms with van der Waals surface area (Å²) >= 11 is 5.24. The summed E-state index contributed by atoms with van der Waals surface area (Å²) < 4.78 is 1.20. The van der Waals surface area contributed by atoms with E-state index in [1.54, 1.807) is 11.3 Å². The molecule has 0 saturated carbocycles. The van der Waals surface area contributed by atoms with Gasteiger partial charge >= 0.3 is 0 Å². The number of thiophene rings is 1. The Kier molecular flexibility index (Phi) is 3.55. The second-order valence-corrected chi connectivity index (χ2v) is 5.11. The zero-order valence-corrected chi connectivity index (χ0v) is 8.91. The van der Waals surface area contributed by atoms with Gasteiger partial charge in [0, 0.05) is 4.88 Å². The maximum atomic E-state index is 5.47. The predicted molar refractivity (Wildman–Crippen MR) is 54.1 cm³/mol. The van der Waals surface area contributed by atoms with Crippen LogP contribution in [0.1, 0.15) is 24.1 Å². The van der Waals surface area contributed by atoms with Crippen molar-refractivity contribution in [1.29, 1.82) is 0 Å². The molecule has 62 valence electrons. The summed E-state index contributed by atoms with van der Waals surface area (Å²) in [5.41, 5.74) is 5.47. The van der Waals surface area contributed by atoms with Gasteiger partial charge in [0.2, 0.25) is 0 Å². The fourth-order valence-electron chi connectivity index (χ4n) is 0.985. The molecule has 11 heavy (non-hydrogen) atoms. The van der Waals surface area contributed by atoms with E-state index in [0.29, 0.717) is 5.92 Å². The van der Waals surface area contributed by atoms with Crippen molar-refractivity contribution < 1.29 is 0 Å². The molecule has 1 rings (SSSR count). The predicted octanol–water partition coefficient (Wildman–Crippen LogP) is 2.96. The van der Waals surface area contributed by atoms with E-state index in [4.69, 9.17) is 5.73 Å². The lowest BCUT2D eigenvalue weighted by Gasteiger charge is -2.05. The molecule has 0 amide bonds. The molecular formula is C8H12BrNS. The van der Waals surface area contributed by atoms with E-state index in [2.05, 4.69) is 35.0 Å². The number of hydrogen-bond acceptors (Lipinski definition) is 2. The average Bonchev–Trinajstić information content (AvgIpc) is 2.36. The highest BCUT2D eigenvalue weighted by atomic mass is 79.9. The van der Waals surface area contributed by atoms with E-state index in [1.165, 1.54) is 8.66 Å². The topological polar surface area (TPSA) is 26.0 Å². The lowest BCUT2D eigenvalue weighted by molar-refractivity contribution is 0.701. The molecule has 0 aliphatic carbocycles. The molecule has 1 heterocycles. The van der Waals surface area contributed by atoms with Crippen LogP contribution in [-0.2, 0) is 0 Å². The normalized spacial score (nSPS) is 13.4. The summed E-state index contributed by atoms with van der Waals surface area (Å²) in [6.45, 7) is 2.99. The number of halogens is 1. The highest BCUT2D eigenvalue weighted by Gasteiger charge is 2.05. The summed E-state index contributed by atoms with van der Waals surface area (Å²) in [4.78, 5) is 1.42. The number of rotatable bonds is 3. The lowest BCUT2D eigenvalue weighted by atomic mass is 10.1. The molecule has 1 atom stereocenters. The third-order valence-corrected chi connectivity index (χ3v) is 3.53. The van der Waals surface area contributed by atoms with Gasteiger partial charge in [-0.25, -0.2) is 0 Å². The van der Waals surface area contributed by atoms with Gasteiger partial charge in [0.05, 0.1) is 3.79 Å². The Labute approximate surface area is 79.7 Å². The monoisotopic (exact) mass is 233 g/mol. The Morgan fingerprint density at radius 1 is 1.64 bits per heavy atom. The number of hydrogen-bond donors (Lipinski definition) is 1. The molecule has 0 aliphatic heterocycles. The van der Waals surface area contributed by atoms with Crippen molar-refractivity contribution in [2.24, 2.45) is 5.73 Å². The number of nitrogens with two attached hydrogens (primary N) is 1. The van der Waals surface area contributed by atoms with Crippen molar-refractivity contribution in [1.82, 2.24) is 0 Å². The fourth-order valence-corrected chi connectivity index (χ4v) is 2.49. The van der Waals surface area contributed by atoms with Gasteiger partial charge in [-0.2, -0.15) is 0 Å². The quantitative estimate of drug-likeness (QED) is 0.854. The van der Waals surface area contributed by atoms with Crippen LogP contribution in [0.3, 0.4) is 0 Å². The largest absolute Gasteiger partial charge is 0.330 e. The van der Waals surface area contributed by atoms with Gasteiger partial charge in [0.15, 0.2) is 0 Å². The first kappa shape index (κ1) is 9.23. The van der Waals surface area contributed by atoms with Crippen molar-refractivity contribution in [2.75, 3.05) is 6.54 Å². The van der Waals surface area contributed by atoms with Crippen LogP contribution >= 0.6 is 27.3 Å². The van der Waals surface area contributed by atoms with Gasteiger partial charge in [0.1, 0.15) is 0 Å². The minimum absolute atomic E-state index is 0.608. The average molecular weight is 234 g/mol. The molecule has 1 aromatic rings. The summed E-state index contributed by atoms with van der Waals surface area (Å²) in [5, 5.41) is 0. The van der Waals surface area contributed by atoms with E-state index >= 15 is 0 Å². The smallest absolute Gasteiger partial charge is 0.0701 e. The Morgan fingerprint density at radius 2 is 2.36 bits per heavy atom. The van der Waals surface area contributed by atoms with Gasteiger partial charge < -0.3 is 5.73 Å². The fraction of sp³-hybridized carbons (Fsp3) is 0.500. The molecule has 0 radical (unpaired) electrons. The van der Waals surface area contributed by atoms with Crippen LogP contribution in [0.4, 0.5) is 0 Å². The van der Waals surface area contributed by atoms with Gasteiger partial charge in [0.25, 0.3) is 0 Å². The zero-order valence-electron chi connectivity index (χ0n) is 6.51. The van der Waals surface area contributed by atoms with Crippen LogP contribution in [0.2, 0.25) is 0 Å². The molecule has 0 aromatic carbocycles. The SMILES string of the molecule is CC(CCN)c1ccc(Br)s1. The van der Waals surface area contributed by atoms with Crippen LogP contribution < -0.4 is 5.73 Å². The van der Waals surface area contributed by atoms with Crippen molar-refractivity contribution in [3.63, 3.8) is 0 Å². The summed E-state index contributed by atoms with van der Waals surface area (Å²) in [7, 11) is 0. The summed E-state index contributed by atoms with van der Waals surface area (Å²) in [5.74, 6) is 0.608. The van der Waals surface area contributed by atoms with Crippen LogP contribution in [0.25, 0.3) is 0 Å². The van der Waals surface area contributed by atoms with E-state index in [1.807, 2.05) is 0 Å². The molecule has 0 aliphatic rings. The van der Waals surface area contributed by atoms with Crippen molar-refractivity contribution in [3.8, 4) is 0 Å². The van der Waals surface area contributed by atoms with Crippen LogP contribution in [0.15, 0.2) is 15.9 Å². The highest BCUT2D eigenvalue weighted by molar-refractivity contribution is 9.11. The second-order valence-electron chi connectivity index (χ2n) is 2.62. The molecular weight excluding hydrogens is 222 g/mol. The van der Waals surface area contributed by atoms with Gasteiger partial charge in [-0.1, -0.05) is 6.92 Å². The third kappa shape index (κ3) is 2.58. The summed E-state index contributed by atoms with van der Waals surface area (Å²) in [6.07, 6.45) is 1.08. The molecule has 1 aromatic heterocycles. The molecule has 2 N–H and O–H groups in total. The Morgan fingerprint density at radius 3 is 2.82 bits per heavy atom. The molecule has 1 nitrogen and oxygen atoms in total. The standard InChI is InChI=1S/C8H12BrNS/c1-6(4-5-10)7-2-3-8(9)11-7/h2-3,6H,4-5,10H2,1H3. The Hall–Kier alpha value is 0.140. The summed E-state index contributed by atoms with van der Waals surface area (Å²) in [6, 6.07) is 4.25. The van der Waals surface area contributed by atoms with Crippen molar-refractivity contribution >= 4 is 27.3 Å². The minimum Gasteiger partial charge on any atom is -0.330 e. The molecule has 0 saturated heterocycles. The highest BCUT2D eigenvalue weighted by Crippen LogP contribution is 2.29. The third-order valence-electron chi connectivity index (χ3n) is 1.68. The van der Waals surface area contributed by atoms with E-state index < -0.39 is 0 Å². The maximum absolute atomic E-state index is 5.47. The molecule has 3 heteroatoms. The Balaban J connectivity index is 2.60. The van der Waals surface area contributed by atoms with Gasteiger partial charge in [-0.15, -0.1) is 11.3 Å². The van der Waals surface area contributed by atoms with Crippen LogP contribution in [0.5, 0.6) is 0 Å².